The molecule has 26 heavy (non-hydrogen) atoms. The van der Waals surface area contributed by atoms with Crippen molar-refractivity contribution in [1.29, 1.82) is 0 Å². The lowest BCUT2D eigenvalue weighted by atomic mass is 10.1. The van der Waals surface area contributed by atoms with E-state index in [-0.39, 0.29) is 0 Å². The van der Waals surface area contributed by atoms with E-state index < -0.39 is 11.8 Å². The van der Waals surface area contributed by atoms with E-state index in [1.54, 1.807) is 24.3 Å². The van der Waals surface area contributed by atoms with Crippen molar-refractivity contribution in [2.24, 2.45) is 5.92 Å². The summed E-state index contributed by atoms with van der Waals surface area (Å²) in [6.07, 6.45) is 0. The fourth-order valence-electron chi connectivity index (χ4n) is 2.87. The number of carbonyl (C=O) groups is 2. The van der Waals surface area contributed by atoms with E-state index in [0.29, 0.717) is 24.8 Å². The summed E-state index contributed by atoms with van der Waals surface area (Å²) < 4.78 is 5.35. The number of benzene rings is 1. The number of ether oxygens (including phenoxy) is 1. The first kappa shape index (κ1) is 20.2. The maximum absolute atomic E-state index is 12.0. The third-order valence-corrected chi connectivity index (χ3v) is 4.41. The summed E-state index contributed by atoms with van der Waals surface area (Å²) in [5.74, 6) is -0.238. The van der Waals surface area contributed by atoms with Crippen LogP contribution in [0.4, 0.5) is 5.69 Å². The molecule has 0 spiro atoms. The van der Waals surface area contributed by atoms with Gasteiger partial charge >= 0.3 is 11.8 Å². The molecule has 2 N–H and O–H groups in total. The number of nitrogens with one attached hydrogen (secondary N) is 2. The lowest BCUT2D eigenvalue weighted by molar-refractivity contribution is -0.136. The first-order valence-corrected chi connectivity index (χ1v) is 9.21. The summed E-state index contributed by atoms with van der Waals surface area (Å²) in [5.41, 5.74) is 0.569. The largest absolute Gasteiger partial charge is 0.494 e. The van der Waals surface area contributed by atoms with E-state index in [9.17, 15) is 9.59 Å². The number of likely N-dealkylation sites (N-methyl/N-ethyl adjacent to an activating group) is 1. The minimum absolute atomic E-state index is 0.292. The second-order valence-electron chi connectivity index (χ2n) is 6.83. The number of hydrogen-bond donors (Lipinski definition) is 2. The van der Waals surface area contributed by atoms with E-state index in [4.69, 9.17) is 4.74 Å². The van der Waals surface area contributed by atoms with Crippen LogP contribution in [0, 0.1) is 5.92 Å². The van der Waals surface area contributed by atoms with Crippen LogP contribution < -0.4 is 15.4 Å². The molecule has 1 aromatic rings. The molecule has 1 aromatic carbocycles. The second kappa shape index (κ2) is 10.1. The van der Waals surface area contributed by atoms with E-state index >= 15 is 0 Å². The Kier molecular flexibility index (Phi) is 7.87. The number of nitrogens with zero attached hydrogens (tertiary/aromatic N) is 2. The maximum Gasteiger partial charge on any atom is 0.313 e. The number of amides is 2. The van der Waals surface area contributed by atoms with E-state index in [0.717, 1.165) is 38.5 Å². The molecule has 144 valence electrons. The zero-order valence-corrected chi connectivity index (χ0v) is 16.0. The van der Waals surface area contributed by atoms with Crippen LogP contribution in [-0.2, 0) is 9.59 Å². The molecule has 7 nitrogen and oxygen atoms in total. The lowest BCUT2D eigenvalue weighted by Gasteiger charge is -2.33. The van der Waals surface area contributed by atoms with Gasteiger partial charge in [0, 0.05) is 45.0 Å². The smallest absolute Gasteiger partial charge is 0.313 e. The monoisotopic (exact) mass is 362 g/mol. The van der Waals surface area contributed by atoms with Crippen LogP contribution in [0.1, 0.15) is 13.8 Å². The molecule has 2 rings (SSSR count). The summed E-state index contributed by atoms with van der Waals surface area (Å²) in [6, 6.07) is 6.95. The normalized spacial score (nSPS) is 16.7. The van der Waals surface area contributed by atoms with Crippen LogP contribution in [0.5, 0.6) is 5.75 Å². The minimum Gasteiger partial charge on any atom is -0.494 e. The fraction of sp³-hybridized carbons (Fsp3) is 0.579. The Morgan fingerprint density at radius 3 is 2.38 bits per heavy atom. The van der Waals surface area contributed by atoms with Gasteiger partial charge in [0.25, 0.3) is 0 Å². The molecule has 1 aliphatic rings. The molecular weight excluding hydrogens is 332 g/mol. The summed E-state index contributed by atoms with van der Waals surface area (Å²) in [6.45, 7) is 10.2. The number of hydrogen-bond acceptors (Lipinski definition) is 5. The van der Waals surface area contributed by atoms with Gasteiger partial charge in [-0.2, -0.15) is 0 Å². The van der Waals surface area contributed by atoms with Crippen molar-refractivity contribution < 1.29 is 14.3 Å². The molecule has 7 heteroatoms. The van der Waals surface area contributed by atoms with Gasteiger partial charge < -0.3 is 25.2 Å². The van der Waals surface area contributed by atoms with Crippen LogP contribution in [0.2, 0.25) is 0 Å². The van der Waals surface area contributed by atoms with Crippen LogP contribution >= 0.6 is 0 Å². The Bertz CT molecular complexity index is 583. The van der Waals surface area contributed by atoms with Gasteiger partial charge in [0.2, 0.25) is 0 Å². The molecule has 1 atom stereocenters. The van der Waals surface area contributed by atoms with Crippen molar-refractivity contribution in [3.63, 3.8) is 0 Å². The van der Waals surface area contributed by atoms with Crippen molar-refractivity contribution in [3.8, 4) is 5.75 Å². The van der Waals surface area contributed by atoms with Gasteiger partial charge in [0.05, 0.1) is 6.61 Å². The van der Waals surface area contributed by atoms with Crippen molar-refractivity contribution in [2.75, 3.05) is 58.2 Å². The zero-order valence-electron chi connectivity index (χ0n) is 16.0. The van der Waals surface area contributed by atoms with Crippen molar-refractivity contribution >= 4 is 17.5 Å². The molecular formula is C19H30N4O3. The van der Waals surface area contributed by atoms with Crippen LogP contribution in [0.25, 0.3) is 0 Å². The quantitative estimate of drug-likeness (QED) is 0.709. The summed E-state index contributed by atoms with van der Waals surface area (Å²) in [4.78, 5) is 28.7. The van der Waals surface area contributed by atoms with E-state index in [1.165, 1.54) is 0 Å². The maximum atomic E-state index is 12.0. The molecule has 1 heterocycles. The number of rotatable bonds is 7. The van der Waals surface area contributed by atoms with E-state index in [2.05, 4.69) is 34.4 Å². The molecule has 0 radical (unpaired) electrons. The molecule has 0 saturated carbocycles. The Balaban J connectivity index is 1.70. The average molecular weight is 362 g/mol. The number of carbonyl (C=O) groups excluding carboxylic acids is 2. The molecule has 0 aliphatic carbocycles. The molecule has 0 bridgehead atoms. The van der Waals surface area contributed by atoms with Gasteiger partial charge in [0.15, 0.2) is 0 Å². The van der Waals surface area contributed by atoms with Crippen LogP contribution in [0.3, 0.4) is 0 Å². The summed E-state index contributed by atoms with van der Waals surface area (Å²) in [7, 11) is 2.13. The first-order chi connectivity index (χ1) is 12.5. The molecule has 2 amide bonds. The van der Waals surface area contributed by atoms with Gasteiger partial charge in [-0.1, -0.05) is 6.92 Å². The third-order valence-electron chi connectivity index (χ3n) is 4.41. The van der Waals surface area contributed by atoms with Gasteiger partial charge in [-0.15, -0.1) is 0 Å². The van der Waals surface area contributed by atoms with Crippen molar-refractivity contribution in [2.45, 2.75) is 13.8 Å². The lowest BCUT2D eigenvalue weighted by Crippen LogP contribution is -2.47. The zero-order chi connectivity index (χ0) is 18.9. The topological polar surface area (TPSA) is 73.9 Å². The van der Waals surface area contributed by atoms with Gasteiger partial charge in [0.1, 0.15) is 5.75 Å². The Labute approximate surface area is 155 Å². The molecule has 1 fully saturated rings. The van der Waals surface area contributed by atoms with Gasteiger partial charge in [-0.05, 0) is 44.2 Å². The highest BCUT2D eigenvalue weighted by Gasteiger charge is 2.18. The molecule has 1 unspecified atom stereocenters. The molecule has 1 aliphatic heterocycles. The van der Waals surface area contributed by atoms with Gasteiger partial charge in [-0.3, -0.25) is 9.59 Å². The Morgan fingerprint density at radius 2 is 1.77 bits per heavy atom. The standard InChI is InChI=1S/C19H30N4O3/c1-4-26-17-7-5-16(6-8-17)21-19(25)18(24)20-13-15(2)14-23-11-9-22(3)10-12-23/h5-8,15H,4,9-14H2,1-3H3,(H,20,24)(H,21,25). The van der Waals surface area contributed by atoms with Crippen LogP contribution in [-0.4, -0.2) is 74.5 Å². The predicted molar refractivity (Wildman–Crippen MR) is 102 cm³/mol. The fourth-order valence-corrected chi connectivity index (χ4v) is 2.87. The predicted octanol–water partition coefficient (Wildman–Crippen LogP) is 1.02. The highest BCUT2D eigenvalue weighted by molar-refractivity contribution is 6.39. The Morgan fingerprint density at radius 1 is 1.12 bits per heavy atom. The average Bonchev–Trinajstić information content (AvgIpc) is 2.63. The second-order valence-corrected chi connectivity index (χ2v) is 6.83. The molecule has 1 saturated heterocycles. The SMILES string of the molecule is CCOc1ccc(NC(=O)C(=O)NCC(C)CN2CCN(C)CC2)cc1. The minimum atomic E-state index is -0.652. The number of piperazine rings is 1. The summed E-state index contributed by atoms with van der Waals surface area (Å²) in [5, 5.41) is 5.32. The van der Waals surface area contributed by atoms with E-state index in [1.807, 2.05) is 6.92 Å². The van der Waals surface area contributed by atoms with Crippen molar-refractivity contribution in [1.82, 2.24) is 15.1 Å². The highest BCUT2D eigenvalue weighted by atomic mass is 16.5. The summed E-state index contributed by atoms with van der Waals surface area (Å²) >= 11 is 0. The first-order valence-electron chi connectivity index (χ1n) is 9.21. The van der Waals surface area contributed by atoms with Gasteiger partial charge in [-0.25, -0.2) is 0 Å². The van der Waals surface area contributed by atoms with Crippen LogP contribution in [0.15, 0.2) is 24.3 Å². The Hall–Kier alpha value is -2.12. The third kappa shape index (κ3) is 6.65. The number of anilines is 1. The highest BCUT2D eigenvalue weighted by Crippen LogP contribution is 2.15. The van der Waals surface area contributed by atoms with Crippen molar-refractivity contribution in [3.05, 3.63) is 24.3 Å². The molecule has 0 aromatic heterocycles.